The highest BCUT2D eigenvalue weighted by molar-refractivity contribution is 7.09. The van der Waals surface area contributed by atoms with E-state index in [9.17, 15) is 4.79 Å². The lowest BCUT2D eigenvalue weighted by Gasteiger charge is -2.25. The van der Waals surface area contributed by atoms with Crippen LogP contribution in [0.1, 0.15) is 15.5 Å². The van der Waals surface area contributed by atoms with Gasteiger partial charge in [-0.05, 0) is 12.1 Å². The summed E-state index contributed by atoms with van der Waals surface area (Å²) in [6, 6.07) is 9.61. The molecule has 0 saturated carbocycles. The number of carbonyl (C=O) groups is 1. The van der Waals surface area contributed by atoms with Crippen LogP contribution >= 0.6 is 11.3 Å². The minimum atomic E-state index is -0.0734. The van der Waals surface area contributed by atoms with Crippen molar-refractivity contribution in [2.24, 2.45) is 0 Å². The van der Waals surface area contributed by atoms with Gasteiger partial charge in [-0.25, -0.2) is 4.98 Å². The Hall–Kier alpha value is -1.76. The summed E-state index contributed by atoms with van der Waals surface area (Å²) >= 11 is 1.54. The predicted octanol–water partition coefficient (Wildman–Crippen LogP) is 2.25. The van der Waals surface area contributed by atoms with Crippen molar-refractivity contribution in [3.63, 3.8) is 0 Å². The van der Waals surface area contributed by atoms with E-state index in [1.807, 2.05) is 35.7 Å². The van der Waals surface area contributed by atoms with E-state index in [0.717, 1.165) is 43.5 Å². The van der Waals surface area contributed by atoms with Gasteiger partial charge in [0, 0.05) is 31.2 Å². The zero-order chi connectivity index (χ0) is 15.4. The average Bonchev–Trinajstić information content (AvgIpc) is 3.04. The van der Waals surface area contributed by atoms with Crippen molar-refractivity contribution in [2.75, 3.05) is 38.3 Å². The molecule has 1 amide bonds. The molecule has 1 saturated heterocycles. The summed E-state index contributed by atoms with van der Waals surface area (Å²) in [4.78, 5) is 20.9. The molecule has 2 aromatic rings. The Balaban J connectivity index is 1.66. The van der Waals surface area contributed by atoms with Crippen LogP contribution in [0.2, 0.25) is 0 Å². The number of ether oxygens (including phenoxy) is 1. The summed E-state index contributed by atoms with van der Waals surface area (Å²) in [5.74, 6) is -0.0734. The van der Waals surface area contributed by atoms with Gasteiger partial charge in [-0.1, -0.05) is 18.2 Å². The molecule has 1 aliphatic heterocycles. The van der Waals surface area contributed by atoms with Gasteiger partial charge in [0.1, 0.15) is 10.7 Å². The minimum Gasteiger partial charge on any atom is -0.379 e. The molecule has 0 atom stereocenters. The number of nitrogens with zero attached hydrogens (tertiary/aromatic N) is 3. The number of anilines is 1. The number of benzene rings is 1. The lowest BCUT2D eigenvalue weighted by Crippen LogP contribution is -2.35. The zero-order valence-corrected chi connectivity index (χ0v) is 13.4. The summed E-state index contributed by atoms with van der Waals surface area (Å²) in [5.41, 5.74) is 1.38. The highest BCUT2D eigenvalue weighted by Crippen LogP contribution is 2.18. The Bertz CT molecular complexity index is 623. The Morgan fingerprint density at radius 3 is 2.77 bits per heavy atom. The van der Waals surface area contributed by atoms with E-state index >= 15 is 0 Å². The van der Waals surface area contributed by atoms with E-state index in [4.69, 9.17) is 4.74 Å². The van der Waals surface area contributed by atoms with E-state index in [2.05, 4.69) is 9.88 Å². The number of amides is 1. The van der Waals surface area contributed by atoms with Crippen molar-refractivity contribution in [1.82, 2.24) is 9.88 Å². The number of para-hydroxylation sites is 1. The van der Waals surface area contributed by atoms with Crippen LogP contribution in [0, 0.1) is 0 Å². The molecule has 0 unspecified atom stereocenters. The molecule has 0 radical (unpaired) electrons. The predicted molar refractivity (Wildman–Crippen MR) is 87.4 cm³/mol. The van der Waals surface area contributed by atoms with E-state index < -0.39 is 0 Å². The van der Waals surface area contributed by atoms with Gasteiger partial charge in [0.2, 0.25) is 0 Å². The summed E-state index contributed by atoms with van der Waals surface area (Å²) in [7, 11) is 1.78. The molecule has 0 aliphatic carbocycles. The van der Waals surface area contributed by atoms with Gasteiger partial charge in [0.15, 0.2) is 0 Å². The summed E-state index contributed by atoms with van der Waals surface area (Å²) in [6.45, 7) is 4.18. The molecule has 2 heterocycles. The molecule has 0 bridgehead atoms. The smallest absolute Gasteiger partial charge is 0.277 e. The highest BCUT2D eigenvalue weighted by atomic mass is 32.1. The normalized spacial score (nSPS) is 15.7. The molecule has 0 N–H and O–H groups in total. The molecule has 1 aliphatic rings. The van der Waals surface area contributed by atoms with Gasteiger partial charge in [-0.2, -0.15) is 0 Å². The number of aromatic nitrogens is 1. The molecule has 3 rings (SSSR count). The van der Waals surface area contributed by atoms with Crippen LogP contribution in [0.15, 0.2) is 35.7 Å². The molecule has 1 fully saturated rings. The second-order valence-corrected chi connectivity index (χ2v) is 6.16. The first-order chi connectivity index (χ1) is 10.7. The Morgan fingerprint density at radius 2 is 2.05 bits per heavy atom. The van der Waals surface area contributed by atoms with Crippen LogP contribution in [0.25, 0.3) is 0 Å². The van der Waals surface area contributed by atoms with Crippen LogP contribution in [-0.4, -0.2) is 49.1 Å². The highest BCUT2D eigenvalue weighted by Gasteiger charge is 2.18. The first-order valence-electron chi connectivity index (χ1n) is 7.31. The molecule has 6 heteroatoms. The van der Waals surface area contributed by atoms with Crippen molar-refractivity contribution in [3.05, 3.63) is 46.4 Å². The van der Waals surface area contributed by atoms with E-state index in [-0.39, 0.29) is 5.91 Å². The second kappa shape index (κ2) is 7.00. The van der Waals surface area contributed by atoms with E-state index in [1.54, 1.807) is 23.3 Å². The van der Waals surface area contributed by atoms with E-state index in [0.29, 0.717) is 5.69 Å². The molecule has 1 aromatic heterocycles. The van der Waals surface area contributed by atoms with Crippen molar-refractivity contribution in [3.8, 4) is 0 Å². The van der Waals surface area contributed by atoms with Crippen molar-refractivity contribution in [1.29, 1.82) is 0 Å². The monoisotopic (exact) mass is 317 g/mol. The first kappa shape index (κ1) is 15.1. The maximum absolute atomic E-state index is 12.5. The number of thiazole rings is 1. The third kappa shape index (κ3) is 3.52. The number of rotatable bonds is 4. The van der Waals surface area contributed by atoms with Gasteiger partial charge < -0.3 is 9.64 Å². The largest absolute Gasteiger partial charge is 0.379 e. The quantitative estimate of drug-likeness (QED) is 0.868. The second-order valence-electron chi connectivity index (χ2n) is 5.21. The van der Waals surface area contributed by atoms with Crippen molar-refractivity contribution >= 4 is 22.9 Å². The Morgan fingerprint density at radius 1 is 1.32 bits per heavy atom. The fourth-order valence-electron chi connectivity index (χ4n) is 2.37. The summed E-state index contributed by atoms with van der Waals surface area (Å²) in [5, 5.41) is 2.82. The molecule has 22 heavy (non-hydrogen) atoms. The van der Waals surface area contributed by atoms with Gasteiger partial charge in [0.05, 0.1) is 19.8 Å². The number of carbonyl (C=O) groups excluding carboxylic acids is 1. The lowest BCUT2D eigenvalue weighted by atomic mass is 10.3. The van der Waals surface area contributed by atoms with Crippen LogP contribution < -0.4 is 4.90 Å². The molecule has 0 spiro atoms. The van der Waals surface area contributed by atoms with E-state index in [1.165, 1.54) is 0 Å². The standard InChI is InChI=1S/C16H19N3O2S/c1-18(13-5-3-2-4-6-13)16(20)14-12-22-15(17-14)11-19-7-9-21-10-8-19/h2-6,12H,7-11H2,1H3. The van der Waals surface area contributed by atoms with Gasteiger partial charge in [-0.15, -0.1) is 11.3 Å². The van der Waals surface area contributed by atoms with Crippen molar-refractivity contribution < 1.29 is 9.53 Å². The van der Waals surface area contributed by atoms with Gasteiger partial charge in [0.25, 0.3) is 5.91 Å². The lowest BCUT2D eigenvalue weighted by molar-refractivity contribution is 0.0341. The fraction of sp³-hybridized carbons (Fsp3) is 0.375. The molecule has 116 valence electrons. The third-order valence-corrected chi connectivity index (χ3v) is 4.52. The maximum Gasteiger partial charge on any atom is 0.277 e. The van der Waals surface area contributed by atoms with Crippen LogP contribution in [0.5, 0.6) is 0 Å². The summed E-state index contributed by atoms with van der Waals surface area (Å²) < 4.78 is 5.34. The molecular weight excluding hydrogens is 298 g/mol. The maximum atomic E-state index is 12.5. The molecular formula is C16H19N3O2S. The summed E-state index contributed by atoms with van der Waals surface area (Å²) in [6.07, 6.45) is 0. The topological polar surface area (TPSA) is 45.7 Å². The Labute approximate surface area is 134 Å². The minimum absolute atomic E-state index is 0.0734. The number of hydrogen-bond acceptors (Lipinski definition) is 5. The Kier molecular flexibility index (Phi) is 4.82. The molecule has 1 aromatic carbocycles. The van der Waals surface area contributed by atoms with Crippen molar-refractivity contribution in [2.45, 2.75) is 6.54 Å². The van der Waals surface area contributed by atoms with Gasteiger partial charge in [-0.3, -0.25) is 9.69 Å². The van der Waals surface area contributed by atoms with Crippen LogP contribution in [-0.2, 0) is 11.3 Å². The first-order valence-corrected chi connectivity index (χ1v) is 8.19. The SMILES string of the molecule is CN(C(=O)c1csc(CN2CCOCC2)n1)c1ccccc1. The number of morpholine rings is 1. The van der Waals surface area contributed by atoms with Crippen LogP contribution in [0.3, 0.4) is 0 Å². The van der Waals surface area contributed by atoms with Gasteiger partial charge >= 0.3 is 0 Å². The zero-order valence-electron chi connectivity index (χ0n) is 12.6. The fourth-order valence-corrected chi connectivity index (χ4v) is 3.18. The molecule has 5 nitrogen and oxygen atoms in total. The average molecular weight is 317 g/mol. The third-order valence-electron chi connectivity index (χ3n) is 3.68. The number of hydrogen-bond donors (Lipinski definition) is 0. The van der Waals surface area contributed by atoms with Crippen LogP contribution in [0.4, 0.5) is 5.69 Å².